The van der Waals surface area contributed by atoms with E-state index in [1.54, 1.807) is 0 Å². The van der Waals surface area contributed by atoms with Gasteiger partial charge in [0, 0.05) is 18.8 Å². The second-order valence-corrected chi connectivity index (χ2v) is 7.95. The first-order chi connectivity index (χ1) is 12.4. The van der Waals surface area contributed by atoms with Crippen molar-refractivity contribution in [2.45, 2.75) is 85.5 Å². The normalized spacial score (nSPS) is 24.2. The van der Waals surface area contributed by atoms with E-state index in [2.05, 4.69) is 19.1 Å². The highest BCUT2D eigenvalue weighted by molar-refractivity contribution is 5.99. The molecule has 0 aliphatic heterocycles. The van der Waals surface area contributed by atoms with Crippen LogP contribution in [0.25, 0.3) is 0 Å². The lowest BCUT2D eigenvalue weighted by Gasteiger charge is -2.29. The Hall–Kier alpha value is -1.51. The van der Waals surface area contributed by atoms with E-state index in [-0.39, 0.29) is 29.8 Å². The van der Waals surface area contributed by atoms with Gasteiger partial charge in [-0.15, -0.1) is 0 Å². The Kier molecular flexibility index (Phi) is 10.4. The largest absolute Gasteiger partial charge is 0.300 e. The molecule has 3 atom stereocenters. The average Bonchev–Trinajstić information content (AvgIpc) is 2.53. The van der Waals surface area contributed by atoms with E-state index in [0.717, 1.165) is 44.1 Å². The Morgan fingerprint density at radius 3 is 2.62 bits per heavy atom. The third-order valence-electron chi connectivity index (χ3n) is 5.39. The molecule has 1 rings (SSSR count). The Bertz CT molecular complexity index is 542. The molecule has 0 amide bonds. The van der Waals surface area contributed by atoms with Gasteiger partial charge in [-0.05, 0) is 51.4 Å². The van der Waals surface area contributed by atoms with Gasteiger partial charge in [0.25, 0.3) is 0 Å². The maximum Gasteiger partial charge on any atom is 0.143 e. The van der Waals surface area contributed by atoms with Gasteiger partial charge in [-0.1, -0.05) is 50.5 Å². The molecule has 0 bridgehead atoms. The Labute approximate surface area is 159 Å². The van der Waals surface area contributed by atoms with E-state index < -0.39 is 0 Å². The van der Waals surface area contributed by atoms with E-state index >= 15 is 0 Å². The van der Waals surface area contributed by atoms with Crippen molar-refractivity contribution in [3.8, 4) is 0 Å². The quantitative estimate of drug-likeness (QED) is 0.501. The van der Waals surface area contributed by atoms with Crippen molar-refractivity contribution in [2.24, 2.45) is 17.8 Å². The fourth-order valence-corrected chi connectivity index (χ4v) is 4.21. The Balaban J connectivity index is 2.86. The van der Waals surface area contributed by atoms with Crippen molar-refractivity contribution in [1.82, 2.24) is 0 Å². The van der Waals surface area contributed by atoms with Gasteiger partial charge in [0.05, 0.1) is 6.42 Å². The Morgan fingerprint density at radius 2 is 2.00 bits per heavy atom. The number of carbonyl (C=O) groups is 3. The van der Waals surface area contributed by atoms with E-state index in [4.69, 9.17) is 0 Å². The van der Waals surface area contributed by atoms with Gasteiger partial charge in [0.2, 0.25) is 0 Å². The van der Waals surface area contributed by atoms with Crippen molar-refractivity contribution in [2.75, 3.05) is 0 Å². The standard InChI is InChI=1S/C23H36O3/c1-5-10-20(22(6-2)23(26)14-18(4)24)15-19-12-9-7-8-11-17(3)13-21(25)16-19/h7-8,11,19-20,22H,5-6,9-10,12-16H2,1-4H3/b8-7-,17-11-. The summed E-state index contributed by atoms with van der Waals surface area (Å²) in [5.74, 6) is 0.888. The van der Waals surface area contributed by atoms with Crippen molar-refractivity contribution in [1.29, 1.82) is 0 Å². The summed E-state index contributed by atoms with van der Waals surface area (Å²) in [6.07, 6.45) is 13.1. The summed E-state index contributed by atoms with van der Waals surface area (Å²) in [5, 5.41) is 0. The lowest BCUT2D eigenvalue weighted by molar-refractivity contribution is -0.129. The molecule has 0 aromatic rings. The highest BCUT2D eigenvalue weighted by atomic mass is 16.1. The minimum absolute atomic E-state index is 0.0506. The number of hydrogen-bond acceptors (Lipinski definition) is 3. The number of hydrogen-bond donors (Lipinski definition) is 0. The zero-order valence-electron chi connectivity index (χ0n) is 17.1. The molecule has 0 spiro atoms. The minimum Gasteiger partial charge on any atom is -0.300 e. The molecule has 146 valence electrons. The van der Waals surface area contributed by atoms with Crippen LogP contribution in [0.3, 0.4) is 0 Å². The molecule has 1 aliphatic rings. The molecule has 3 unspecified atom stereocenters. The molecule has 0 saturated carbocycles. The fraction of sp³-hybridized carbons (Fsp3) is 0.696. The smallest absolute Gasteiger partial charge is 0.143 e. The fourth-order valence-electron chi connectivity index (χ4n) is 4.21. The van der Waals surface area contributed by atoms with Crippen molar-refractivity contribution in [3.05, 3.63) is 23.8 Å². The van der Waals surface area contributed by atoms with Gasteiger partial charge in [-0.3, -0.25) is 14.4 Å². The van der Waals surface area contributed by atoms with Crippen LogP contribution in [0.1, 0.15) is 85.5 Å². The zero-order chi connectivity index (χ0) is 19.5. The molecule has 3 heteroatoms. The van der Waals surface area contributed by atoms with Crippen LogP contribution in [0, 0.1) is 17.8 Å². The lowest BCUT2D eigenvalue weighted by Crippen LogP contribution is -2.27. The summed E-state index contributed by atoms with van der Waals surface area (Å²) >= 11 is 0. The summed E-state index contributed by atoms with van der Waals surface area (Å²) < 4.78 is 0. The lowest BCUT2D eigenvalue weighted by atomic mass is 9.75. The molecule has 0 N–H and O–H groups in total. The van der Waals surface area contributed by atoms with Gasteiger partial charge in [-0.2, -0.15) is 0 Å². The van der Waals surface area contributed by atoms with E-state index in [9.17, 15) is 14.4 Å². The van der Waals surface area contributed by atoms with Crippen LogP contribution < -0.4 is 0 Å². The first kappa shape index (κ1) is 22.5. The van der Waals surface area contributed by atoms with Crippen LogP contribution in [0.4, 0.5) is 0 Å². The monoisotopic (exact) mass is 360 g/mol. The number of Topliss-reactive ketones (excluding diaryl/α,β-unsaturated/α-hetero) is 3. The Morgan fingerprint density at radius 1 is 1.27 bits per heavy atom. The molecule has 26 heavy (non-hydrogen) atoms. The molecule has 0 aromatic carbocycles. The number of allylic oxidation sites excluding steroid dienone is 4. The first-order valence-corrected chi connectivity index (χ1v) is 10.2. The number of carbonyl (C=O) groups excluding carboxylic acids is 3. The summed E-state index contributed by atoms with van der Waals surface area (Å²) in [6, 6.07) is 0. The topological polar surface area (TPSA) is 51.2 Å². The molecule has 3 nitrogen and oxygen atoms in total. The highest BCUT2D eigenvalue weighted by Crippen LogP contribution is 2.33. The van der Waals surface area contributed by atoms with E-state index in [1.807, 2.05) is 19.9 Å². The first-order valence-electron chi connectivity index (χ1n) is 10.2. The molecular formula is C23H36O3. The third kappa shape index (κ3) is 8.25. The van der Waals surface area contributed by atoms with Gasteiger partial charge in [-0.25, -0.2) is 0 Å². The number of ketones is 3. The molecule has 0 fully saturated rings. The summed E-state index contributed by atoms with van der Waals surface area (Å²) in [4.78, 5) is 36.4. The van der Waals surface area contributed by atoms with Crippen molar-refractivity contribution >= 4 is 17.3 Å². The predicted molar refractivity (Wildman–Crippen MR) is 107 cm³/mol. The van der Waals surface area contributed by atoms with Gasteiger partial charge in [0.15, 0.2) is 0 Å². The van der Waals surface area contributed by atoms with Gasteiger partial charge < -0.3 is 0 Å². The third-order valence-corrected chi connectivity index (χ3v) is 5.39. The second kappa shape index (κ2) is 12.0. The second-order valence-electron chi connectivity index (χ2n) is 7.95. The highest BCUT2D eigenvalue weighted by Gasteiger charge is 2.29. The van der Waals surface area contributed by atoms with Crippen LogP contribution in [-0.2, 0) is 14.4 Å². The van der Waals surface area contributed by atoms with Gasteiger partial charge >= 0.3 is 0 Å². The summed E-state index contributed by atoms with van der Waals surface area (Å²) in [5.41, 5.74) is 1.11. The van der Waals surface area contributed by atoms with Crippen molar-refractivity contribution in [3.63, 3.8) is 0 Å². The predicted octanol–water partition coefficient (Wildman–Crippen LogP) is 5.63. The van der Waals surface area contributed by atoms with Gasteiger partial charge in [0.1, 0.15) is 17.3 Å². The van der Waals surface area contributed by atoms with Crippen LogP contribution in [0.5, 0.6) is 0 Å². The minimum atomic E-state index is -0.0541. The summed E-state index contributed by atoms with van der Waals surface area (Å²) in [7, 11) is 0. The van der Waals surface area contributed by atoms with E-state index in [1.165, 1.54) is 6.92 Å². The molecule has 0 radical (unpaired) electrons. The molecule has 0 heterocycles. The molecule has 0 saturated heterocycles. The van der Waals surface area contributed by atoms with Crippen molar-refractivity contribution < 1.29 is 14.4 Å². The zero-order valence-corrected chi connectivity index (χ0v) is 17.1. The molecular weight excluding hydrogens is 324 g/mol. The summed E-state index contributed by atoms with van der Waals surface area (Å²) in [6.45, 7) is 7.68. The molecule has 1 aliphatic carbocycles. The van der Waals surface area contributed by atoms with E-state index in [0.29, 0.717) is 24.5 Å². The maximum atomic E-state index is 12.6. The van der Waals surface area contributed by atoms with Crippen LogP contribution >= 0.6 is 0 Å². The van der Waals surface area contributed by atoms with Crippen LogP contribution in [-0.4, -0.2) is 17.3 Å². The SMILES string of the molecule is CCCC(CC1CC/C=C\C=C(\C)CC(=O)C1)C(CC)C(=O)CC(C)=O. The number of rotatable bonds is 9. The average molecular weight is 361 g/mol. The maximum absolute atomic E-state index is 12.6. The molecule has 0 aromatic heterocycles. The van der Waals surface area contributed by atoms with Crippen LogP contribution in [0.15, 0.2) is 23.8 Å². The van der Waals surface area contributed by atoms with Crippen LogP contribution in [0.2, 0.25) is 0 Å².